The number of rotatable bonds is 8. The van der Waals surface area contributed by atoms with Crippen LogP contribution in [0.4, 0.5) is 5.82 Å². The van der Waals surface area contributed by atoms with Crippen molar-refractivity contribution < 1.29 is 14.2 Å². The Bertz CT molecular complexity index is 705. The van der Waals surface area contributed by atoms with Crippen molar-refractivity contribution in [3.05, 3.63) is 59.8 Å². The lowest BCUT2D eigenvalue weighted by Crippen LogP contribution is -2.31. The van der Waals surface area contributed by atoms with Gasteiger partial charge in [0.25, 0.3) is 0 Å². The van der Waals surface area contributed by atoms with E-state index in [2.05, 4.69) is 47.4 Å². The molecule has 2 aliphatic rings. The molecule has 5 heteroatoms. The van der Waals surface area contributed by atoms with Crippen LogP contribution in [0, 0.1) is 0 Å². The topological polar surface area (TPSA) is 43.8 Å². The molecule has 4 rings (SSSR count). The van der Waals surface area contributed by atoms with Gasteiger partial charge in [-0.15, -0.1) is 0 Å². The number of hydrogen-bond acceptors (Lipinski definition) is 5. The maximum absolute atomic E-state index is 6.16. The summed E-state index contributed by atoms with van der Waals surface area (Å²) in [5.74, 6) is 0.992. The summed E-state index contributed by atoms with van der Waals surface area (Å²) in [6.45, 7) is 1.89. The Kier molecular flexibility index (Phi) is 5.48. The molecule has 0 N–H and O–H groups in total. The van der Waals surface area contributed by atoms with Gasteiger partial charge in [0, 0.05) is 32.3 Å². The number of ether oxygens (including phenoxy) is 3. The Morgan fingerprint density at radius 2 is 1.81 bits per heavy atom. The fourth-order valence-electron chi connectivity index (χ4n) is 3.38. The van der Waals surface area contributed by atoms with E-state index < -0.39 is 0 Å². The largest absolute Gasteiger partial charge is 0.370 e. The van der Waals surface area contributed by atoms with Gasteiger partial charge in [-0.2, -0.15) is 0 Å². The maximum atomic E-state index is 6.16. The zero-order chi connectivity index (χ0) is 17.8. The third-order valence-electron chi connectivity index (χ3n) is 4.85. The van der Waals surface area contributed by atoms with Crippen molar-refractivity contribution in [2.45, 2.75) is 37.6 Å². The second-order valence-electron chi connectivity index (χ2n) is 7.04. The lowest BCUT2D eigenvalue weighted by molar-refractivity contribution is -0.113. The van der Waals surface area contributed by atoms with Gasteiger partial charge in [0.05, 0.1) is 6.10 Å². The highest BCUT2D eigenvalue weighted by Gasteiger charge is 2.38. The van der Waals surface area contributed by atoms with E-state index in [4.69, 9.17) is 19.2 Å². The quantitative estimate of drug-likeness (QED) is 0.682. The summed E-state index contributed by atoms with van der Waals surface area (Å²) < 4.78 is 17.1. The van der Waals surface area contributed by atoms with E-state index in [1.54, 1.807) is 7.11 Å². The van der Waals surface area contributed by atoms with E-state index in [9.17, 15) is 0 Å². The molecule has 1 saturated heterocycles. The third kappa shape index (κ3) is 4.41. The molecular formula is C21H26N2O3. The van der Waals surface area contributed by atoms with Gasteiger partial charge < -0.3 is 19.1 Å². The summed E-state index contributed by atoms with van der Waals surface area (Å²) in [6.07, 6.45) is 3.68. The van der Waals surface area contributed by atoms with Crippen LogP contribution < -0.4 is 4.90 Å². The highest BCUT2D eigenvalue weighted by Crippen LogP contribution is 2.30. The van der Waals surface area contributed by atoms with Gasteiger partial charge in [-0.1, -0.05) is 36.4 Å². The fourth-order valence-corrected chi connectivity index (χ4v) is 3.38. The van der Waals surface area contributed by atoms with Crippen LogP contribution in [0.15, 0.2) is 48.5 Å². The second-order valence-corrected chi connectivity index (χ2v) is 7.04. The summed E-state index contributed by atoms with van der Waals surface area (Å²) in [6, 6.07) is 16.7. The van der Waals surface area contributed by atoms with Crippen molar-refractivity contribution in [1.29, 1.82) is 0 Å². The highest BCUT2D eigenvalue weighted by molar-refractivity contribution is 5.42. The Morgan fingerprint density at radius 3 is 2.58 bits per heavy atom. The first-order valence-corrected chi connectivity index (χ1v) is 9.32. The van der Waals surface area contributed by atoms with Gasteiger partial charge in [0.2, 0.25) is 0 Å². The van der Waals surface area contributed by atoms with Gasteiger partial charge in [0.15, 0.2) is 0 Å². The maximum Gasteiger partial charge on any atom is 0.146 e. The van der Waals surface area contributed by atoms with E-state index >= 15 is 0 Å². The molecule has 0 radical (unpaired) electrons. The minimum absolute atomic E-state index is 0.0233. The standard InChI is InChI=1S/C21H26N2O3/c1-24-15-25-19-13-23(14-20(19)26-18-10-11-18)21-9-5-8-17(22-21)12-16-6-3-2-4-7-16/h2-9,18-20H,10-15H2,1H3/t19-,20-/m1/s1. The Morgan fingerprint density at radius 1 is 1.00 bits per heavy atom. The van der Waals surface area contributed by atoms with E-state index in [0.29, 0.717) is 12.9 Å². The van der Waals surface area contributed by atoms with Gasteiger partial charge in [-0.3, -0.25) is 0 Å². The molecule has 2 fully saturated rings. The van der Waals surface area contributed by atoms with Crippen LogP contribution in [-0.4, -0.2) is 50.3 Å². The van der Waals surface area contributed by atoms with Crippen LogP contribution in [0.1, 0.15) is 24.1 Å². The smallest absolute Gasteiger partial charge is 0.146 e. The van der Waals surface area contributed by atoms with Crippen LogP contribution in [0.2, 0.25) is 0 Å². The number of nitrogens with zero attached hydrogens (tertiary/aromatic N) is 2. The van der Waals surface area contributed by atoms with Gasteiger partial charge >= 0.3 is 0 Å². The molecule has 0 unspecified atom stereocenters. The number of benzene rings is 1. The number of anilines is 1. The average molecular weight is 354 g/mol. The molecule has 0 spiro atoms. The average Bonchev–Trinajstić information content (AvgIpc) is 3.39. The summed E-state index contributed by atoms with van der Waals surface area (Å²) in [7, 11) is 1.65. The van der Waals surface area contributed by atoms with Crippen molar-refractivity contribution in [3.63, 3.8) is 0 Å². The summed E-state index contributed by atoms with van der Waals surface area (Å²) in [5.41, 5.74) is 2.35. The number of pyridine rings is 1. The summed E-state index contributed by atoms with van der Waals surface area (Å²) in [5, 5.41) is 0. The predicted octanol–water partition coefficient (Wildman–Crippen LogP) is 3.03. The SMILES string of the molecule is COCO[C@@H]1CN(c2cccc(Cc3ccccc3)n2)C[C@H]1OC1CC1. The molecule has 26 heavy (non-hydrogen) atoms. The first kappa shape index (κ1) is 17.5. The van der Waals surface area contributed by atoms with Crippen LogP contribution in [0.5, 0.6) is 0 Å². The molecule has 0 bridgehead atoms. The van der Waals surface area contributed by atoms with Gasteiger partial charge in [0.1, 0.15) is 24.8 Å². The monoisotopic (exact) mass is 354 g/mol. The van der Waals surface area contributed by atoms with Crippen molar-refractivity contribution in [2.75, 3.05) is 31.9 Å². The minimum atomic E-state index is 0.0233. The number of methoxy groups -OCH3 is 1. The van der Waals surface area contributed by atoms with Crippen molar-refractivity contribution in [2.24, 2.45) is 0 Å². The van der Waals surface area contributed by atoms with Crippen LogP contribution in [0.3, 0.4) is 0 Å². The number of aromatic nitrogens is 1. The van der Waals surface area contributed by atoms with Crippen LogP contribution in [0.25, 0.3) is 0 Å². The third-order valence-corrected chi connectivity index (χ3v) is 4.85. The zero-order valence-electron chi connectivity index (χ0n) is 15.2. The molecule has 2 aromatic rings. The van der Waals surface area contributed by atoms with Crippen molar-refractivity contribution >= 4 is 5.82 Å². The molecule has 5 nitrogen and oxygen atoms in total. The minimum Gasteiger partial charge on any atom is -0.370 e. The number of hydrogen-bond donors (Lipinski definition) is 0. The van der Waals surface area contributed by atoms with Crippen LogP contribution in [-0.2, 0) is 20.6 Å². The van der Waals surface area contributed by atoms with Gasteiger partial charge in [-0.25, -0.2) is 4.98 Å². The molecule has 0 amide bonds. The van der Waals surface area contributed by atoms with Gasteiger partial charge in [-0.05, 0) is 30.5 Å². The first-order chi connectivity index (χ1) is 12.8. The predicted molar refractivity (Wildman–Crippen MR) is 100 cm³/mol. The normalized spacial score (nSPS) is 22.7. The second kappa shape index (κ2) is 8.16. The Balaban J connectivity index is 1.45. The van der Waals surface area contributed by atoms with E-state index in [-0.39, 0.29) is 12.2 Å². The van der Waals surface area contributed by atoms with Crippen LogP contribution >= 0.6 is 0 Å². The summed E-state index contributed by atoms with van der Waals surface area (Å²) >= 11 is 0. The molecule has 2 atom stereocenters. The Labute approximate surface area is 154 Å². The molecule has 1 aromatic heterocycles. The fraction of sp³-hybridized carbons (Fsp3) is 0.476. The molecule has 1 saturated carbocycles. The zero-order valence-corrected chi connectivity index (χ0v) is 15.2. The van der Waals surface area contributed by atoms with Crippen molar-refractivity contribution in [3.8, 4) is 0 Å². The molecule has 138 valence electrons. The lowest BCUT2D eigenvalue weighted by atomic mass is 10.1. The lowest BCUT2D eigenvalue weighted by Gasteiger charge is -2.18. The molecular weight excluding hydrogens is 328 g/mol. The first-order valence-electron chi connectivity index (χ1n) is 9.32. The molecule has 2 heterocycles. The van der Waals surface area contributed by atoms with E-state index in [1.165, 1.54) is 5.56 Å². The highest BCUT2D eigenvalue weighted by atomic mass is 16.7. The summed E-state index contributed by atoms with van der Waals surface area (Å²) in [4.78, 5) is 7.14. The molecule has 1 aromatic carbocycles. The van der Waals surface area contributed by atoms with Crippen molar-refractivity contribution in [1.82, 2.24) is 4.98 Å². The molecule has 1 aliphatic carbocycles. The molecule has 1 aliphatic heterocycles. The Hall–Kier alpha value is -1.95. The van der Waals surface area contributed by atoms with E-state index in [0.717, 1.165) is 43.9 Å². The van der Waals surface area contributed by atoms with E-state index in [1.807, 2.05) is 6.07 Å².